The summed E-state index contributed by atoms with van der Waals surface area (Å²) in [6.07, 6.45) is 0.990. The molecule has 4 saturated heterocycles. The fourth-order valence-electron chi connectivity index (χ4n) is 7.81. The molecule has 44 heavy (non-hydrogen) atoms. The standard InChI is InChI=1S/C30H30F5N7OS/c31-20-6-5-17(24-25(20)44-27(36)38-24)21-19(30(33,34)35)11-18-23(22(21)32)39-28(43-14-29-7-1-9-42(29)10-2-8-29)40-26(18)41-12-15-3-4-16(13-41)37-15/h5-6,11,15-16,37H,1-4,7-10,12-14H2,(H2,36,38). The van der Waals surface area contributed by atoms with Gasteiger partial charge in [-0.25, -0.2) is 13.8 Å². The second-order valence-electron chi connectivity index (χ2n) is 12.4. The van der Waals surface area contributed by atoms with Gasteiger partial charge in [-0.15, -0.1) is 0 Å². The van der Waals surface area contributed by atoms with Gasteiger partial charge in [-0.2, -0.15) is 23.1 Å². The minimum atomic E-state index is -4.95. The number of fused-ring (bicyclic) bond motifs is 5. The van der Waals surface area contributed by atoms with E-state index in [0.29, 0.717) is 19.7 Å². The Morgan fingerprint density at radius 1 is 1.02 bits per heavy atom. The number of thiazole rings is 1. The maximum Gasteiger partial charge on any atom is 0.417 e. The van der Waals surface area contributed by atoms with E-state index in [2.05, 4.69) is 25.2 Å². The van der Waals surface area contributed by atoms with Crippen molar-refractivity contribution < 1.29 is 26.7 Å². The Kier molecular flexibility index (Phi) is 6.44. The van der Waals surface area contributed by atoms with Gasteiger partial charge in [0, 0.05) is 41.7 Å². The van der Waals surface area contributed by atoms with Crippen molar-refractivity contribution in [2.75, 3.05) is 43.4 Å². The number of nitrogens with zero attached hydrogens (tertiary/aromatic N) is 5. The summed E-state index contributed by atoms with van der Waals surface area (Å²) in [7, 11) is 0. The van der Waals surface area contributed by atoms with Crippen LogP contribution in [-0.4, -0.2) is 70.3 Å². The van der Waals surface area contributed by atoms with Crippen LogP contribution in [0.1, 0.15) is 44.1 Å². The number of hydrogen-bond donors (Lipinski definition) is 2. The van der Waals surface area contributed by atoms with E-state index >= 15 is 4.39 Å². The molecule has 2 bridgehead atoms. The number of ether oxygens (including phenoxy) is 1. The summed E-state index contributed by atoms with van der Waals surface area (Å²) < 4.78 is 81.8. The van der Waals surface area contributed by atoms with Crippen LogP contribution in [0.2, 0.25) is 0 Å². The van der Waals surface area contributed by atoms with Gasteiger partial charge in [-0.1, -0.05) is 11.3 Å². The molecule has 4 aliphatic rings. The lowest BCUT2D eigenvalue weighted by Gasteiger charge is -2.35. The summed E-state index contributed by atoms with van der Waals surface area (Å²) in [6, 6.07) is 3.26. The molecule has 14 heteroatoms. The molecule has 3 N–H and O–H groups in total. The molecule has 4 aliphatic heterocycles. The summed E-state index contributed by atoms with van der Waals surface area (Å²) in [4.78, 5) is 17.5. The van der Waals surface area contributed by atoms with Gasteiger partial charge in [0.1, 0.15) is 23.8 Å². The fraction of sp³-hybridized carbons (Fsp3) is 0.500. The van der Waals surface area contributed by atoms with E-state index in [0.717, 1.165) is 81.2 Å². The van der Waals surface area contributed by atoms with E-state index in [4.69, 9.17) is 10.5 Å². The number of aromatic nitrogens is 3. The van der Waals surface area contributed by atoms with Crippen LogP contribution in [0.4, 0.5) is 32.9 Å². The Bertz CT molecular complexity index is 1770. The van der Waals surface area contributed by atoms with E-state index in [9.17, 15) is 17.6 Å². The number of anilines is 2. The number of hydrogen-bond acceptors (Lipinski definition) is 9. The van der Waals surface area contributed by atoms with Crippen LogP contribution in [-0.2, 0) is 6.18 Å². The first-order valence-corrected chi connectivity index (χ1v) is 15.8. The highest BCUT2D eigenvalue weighted by molar-refractivity contribution is 7.22. The summed E-state index contributed by atoms with van der Waals surface area (Å²) in [5.41, 5.74) is 3.06. The molecule has 2 aromatic heterocycles. The van der Waals surface area contributed by atoms with Crippen molar-refractivity contribution in [3.05, 3.63) is 35.4 Å². The number of nitrogen functional groups attached to an aromatic ring is 1. The van der Waals surface area contributed by atoms with Crippen molar-refractivity contribution in [2.24, 2.45) is 0 Å². The van der Waals surface area contributed by atoms with Gasteiger partial charge >= 0.3 is 12.2 Å². The van der Waals surface area contributed by atoms with Crippen molar-refractivity contribution in [3.63, 3.8) is 0 Å². The summed E-state index contributed by atoms with van der Waals surface area (Å²) in [5.74, 6) is -1.68. The number of benzene rings is 2. The van der Waals surface area contributed by atoms with E-state index in [1.54, 1.807) is 0 Å². The lowest BCUT2D eigenvalue weighted by atomic mass is 9.95. The van der Waals surface area contributed by atoms with Gasteiger partial charge in [0.2, 0.25) is 0 Å². The van der Waals surface area contributed by atoms with Gasteiger partial charge in [0.05, 0.1) is 21.3 Å². The summed E-state index contributed by atoms with van der Waals surface area (Å²) in [6.45, 7) is 3.32. The average molecular weight is 632 g/mol. The molecule has 8 rings (SSSR count). The Morgan fingerprint density at radius 3 is 2.45 bits per heavy atom. The van der Waals surface area contributed by atoms with Crippen LogP contribution in [0.15, 0.2) is 18.2 Å². The first-order chi connectivity index (χ1) is 21.1. The molecule has 2 unspecified atom stereocenters. The Labute approximate surface area is 253 Å². The number of nitrogens with one attached hydrogen (secondary N) is 1. The third-order valence-electron chi connectivity index (χ3n) is 9.77. The molecular formula is C30H30F5N7OS. The zero-order valence-electron chi connectivity index (χ0n) is 23.7. The molecule has 0 radical (unpaired) electrons. The Morgan fingerprint density at radius 2 is 1.75 bits per heavy atom. The molecule has 6 heterocycles. The predicted octanol–water partition coefficient (Wildman–Crippen LogP) is 5.73. The Hall–Kier alpha value is -3.36. The number of piperazine rings is 1. The van der Waals surface area contributed by atoms with Crippen LogP contribution in [0.25, 0.3) is 32.2 Å². The highest BCUT2D eigenvalue weighted by Gasteiger charge is 2.45. The van der Waals surface area contributed by atoms with Gasteiger partial charge in [-0.3, -0.25) is 4.90 Å². The van der Waals surface area contributed by atoms with Gasteiger partial charge in [0.25, 0.3) is 0 Å². The predicted molar refractivity (Wildman–Crippen MR) is 158 cm³/mol. The normalized spacial score (nSPS) is 23.2. The lowest BCUT2D eigenvalue weighted by Crippen LogP contribution is -2.51. The maximum atomic E-state index is 16.8. The molecule has 0 spiro atoms. The minimum Gasteiger partial charge on any atom is -0.461 e. The number of rotatable bonds is 5. The minimum absolute atomic E-state index is 0.0398. The quantitative estimate of drug-likeness (QED) is 0.270. The maximum absolute atomic E-state index is 16.8. The van der Waals surface area contributed by atoms with Crippen LogP contribution in [0, 0.1) is 11.6 Å². The first-order valence-electron chi connectivity index (χ1n) is 14.9. The van der Waals surface area contributed by atoms with Gasteiger partial charge in [-0.05, 0) is 69.8 Å². The van der Waals surface area contributed by atoms with Crippen molar-refractivity contribution in [3.8, 4) is 17.1 Å². The van der Waals surface area contributed by atoms with E-state index in [1.807, 2.05) is 4.90 Å². The SMILES string of the molecule is Nc1nc2c(-c3c(C(F)(F)F)cc4c(N5CC6CCC(C5)N6)nc(OCC56CCCN5CCC6)nc4c3F)ccc(F)c2s1. The van der Waals surface area contributed by atoms with Crippen LogP contribution >= 0.6 is 11.3 Å². The molecule has 0 amide bonds. The average Bonchev–Trinajstić information content (AvgIpc) is 3.75. The first kappa shape index (κ1) is 28.1. The van der Waals surface area contributed by atoms with Gasteiger partial charge in [0.15, 0.2) is 10.9 Å². The van der Waals surface area contributed by atoms with Crippen LogP contribution < -0.4 is 20.7 Å². The second-order valence-corrected chi connectivity index (χ2v) is 13.4. The fourth-order valence-corrected chi connectivity index (χ4v) is 8.57. The zero-order valence-corrected chi connectivity index (χ0v) is 24.5. The molecule has 4 fully saturated rings. The molecule has 2 atom stereocenters. The smallest absolute Gasteiger partial charge is 0.417 e. The molecule has 4 aromatic rings. The molecule has 0 aliphatic carbocycles. The molecule has 0 saturated carbocycles. The van der Waals surface area contributed by atoms with Crippen molar-refractivity contribution >= 4 is 43.4 Å². The van der Waals surface area contributed by atoms with Crippen LogP contribution in [0.3, 0.4) is 0 Å². The highest BCUT2D eigenvalue weighted by Crippen LogP contribution is 2.46. The van der Waals surface area contributed by atoms with Crippen LogP contribution in [0.5, 0.6) is 6.01 Å². The largest absolute Gasteiger partial charge is 0.461 e. The van der Waals surface area contributed by atoms with Crippen molar-refractivity contribution in [1.82, 2.24) is 25.2 Å². The zero-order chi connectivity index (χ0) is 30.4. The third-order valence-corrected chi connectivity index (χ3v) is 10.7. The molecule has 8 nitrogen and oxygen atoms in total. The molecule has 232 valence electrons. The topological polar surface area (TPSA) is 92.4 Å². The van der Waals surface area contributed by atoms with Gasteiger partial charge < -0.3 is 20.7 Å². The Balaban J connectivity index is 1.33. The van der Waals surface area contributed by atoms with E-state index in [1.165, 1.54) is 0 Å². The number of alkyl halides is 3. The van der Waals surface area contributed by atoms with E-state index < -0.39 is 28.9 Å². The van der Waals surface area contributed by atoms with E-state index in [-0.39, 0.29) is 61.3 Å². The number of nitrogens with two attached hydrogens (primary N) is 1. The third kappa shape index (κ3) is 4.47. The van der Waals surface area contributed by atoms with Crippen molar-refractivity contribution in [2.45, 2.75) is 62.3 Å². The summed E-state index contributed by atoms with van der Waals surface area (Å²) >= 11 is 0.792. The number of halogens is 5. The monoisotopic (exact) mass is 631 g/mol. The second kappa shape index (κ2) is 10.1. The lowest BCUT2D eigenvalue weighted by molar-refractivity contribution is -0.137. The summed E-state index contributed by atoms with van der Waals surface area (Å²) in [5, 5.41) is 3.43. The highest BCUT2D eigenvalue weighted by atomic mass is 32.1. The molecule has 2 aromatic carbocycles. The van der Waals surface area contributed by atoms with Crippen molar-refractivity contribution in [1.29, 1.82) is 0 Å². The molecular weight excluding hydrogens is 601 g/mol.